The highest BCUT2D eigenvalue weighted by atomic mass is 16.3. The van der Waals surface area contributed by atoms with Crippen LogP contribution in [0.2, 0.25) is 0 Å². The van der Waals surface area contributed by atoms with Crippen LogP contribution in [0.25, 0.3) is 0 Å². The van der Waals surface area contributed by atoms with E-state index < -0.39 is 0 Å². The molecule has 2 nitrogen and oxygen atoms in total. The number of rotatable bonds is 1. The van der Waals surface area contributed by atoms with E-state index in [1.807, 2.05) is 13.8 Å². The van der Waals surface area contributed by atoms with Crippen molar-refractivity contribution in [2.24, 2.45) is 11.3 Å². The molecule has 1 N–H and O–H groups in total. The van der Waals surface area contributed by atoms with Crippen molar-refractivity contribution in [3.05, 3.63) is 0 Å². The Morgan fingerprint density at radius 2 is 2.40 bits per heavy atom. The van der Waals surface area contributed by atoms with Crippen LogP contribution in [-0.2, 0) is 4.79 Å². The van der Waals surface area contributed by atoms with E-state index in [1.54, 1.807) is 0 Å². The summed E-state index contributed by atoms with van der Waals surface area (Å²) in [5.41, 5.74) is -0.115. The minimum atomic E-state index is -0.115. The fraction of sp³-hybridized carbons (Fsp3) is 0.875. The van der Waals surface area contributed by atoms with Gasteiger partial charge in [-0.1, -0.05) is 13.8 Å². The first-order chi connectivity index (χ1) is 4.57. The van der Waals surface area contributed by atoms with E-state index in [-0.39, 0.29) is 17.9 Å². The molecule has 10 heavy (non-hydrogen) atoms. The van der Waals surface area contributed by atoms with Gasteiger partial charge in [-0.3, -0.25) is 4.79 Å². The van der Waals surface area contributed by atoms with Crippen LogP contribution in [0.4, 0.5) is 0 Å². The maximum absolute atomic E-state index is 11.0. The van der Waals surface area contributed by atoms with Gasteiger partial charge in [-0.25, -0.2) is 0 Å². The van der Waals surface area contributed by atoms with E-state index in [9.17, 15) is 4.79 Å². The maximum atomic E-state index is 11.0. The molecular formula is C8H14O2. The Balaban J connectivity index is 2.64. The van der Waals surface area contributed by atoms with Gasteiger partial charge in [0, 0.05) is 18.9 Å². The fourth-order valence-electron chi connectivity index (χ4n) is 1.64. The summed E-state index contributed by atoms with van der Waals surface area (Å²) in [6.45, 7) is 4.04. The van der Waals surface area contributed by atoms with E-state index in [0.717, 1.165) is 6.42 Å². The monoisotopic (exact) mass is 142 g/mol. The summed E-state index contributed by atoms with van der Waals surface area (Å²) in [4.78, 5) is 11.0. The van der Waals surface area contributed by atoms with Gasteiger partial charge in [0.15, 0.2) is 0 Å². The van der Waals surface area contributed by atoms with Crippen molar-refractivity contribution in [1.82, 2.24) is 0 Å². The molecule has 1 saturated carbocycles. The first kappa shape index (κ1) is 7.73. The molecule has 0 unspecified atom stereocenters. The van der Waals surface area contributed by atoms with Gasteiger partial charge >= 0.3 is 0 Å². The standard InChI is InChI=1S/C8H14O2/c1-6-3-8(2,5-9)4-7(6)10/h6,9H,3-5H2,1-2H3/t6-,8-/m1/s1. The van der Waals surface area contributed by atoms with Gasteiger partial charge in [-0.2, -0.15) is 0 Å². The molecule has 0 aliphatic heterocycles. The second-order valence-corrected chi connectivity index (χ2v) is 3.72. The van der Waals surface area contributed by atoms with Crippen molar-refractivity contribution >= 4 is 5.78 Å². The molecule has 0 bridgehead atoms. The Morgan fingerprint density at radius 1 is 1.80 bits per heavy atom. The van der Waals surface area contributed by atoms with E-state index in [1.165, 1.54) is 0 Å². The van der Waals surface area contributed by atoms with E-state index in [2.05, 4.69) is 0 Å². The van der Waals surface area contributed by atoms with E-state index in [4.69, 9.17) is 5.11 Å². The summed E-state index contributed by atoms with van der Waals surface area (Å²) in [5.74, 6) is 0.466. The van der Waals surface area contributed by atoms with Crippen LogP contribution in [0.5, 0.6) is 0 Å². The Kier molecular flexibility index (Phi) is 1.82. The summed E-state index contributed by atoms with van der Waals surface area (Å²) in [6, 6.07) is 0. The number of carbonyl (C=O) groups is 1. The van der Waals surface area contributed by atoms with Gasteiger partial charge in [-0.15, -0.1) is 0 Å². The molecule has 58 valence electrons. The molecule has 0 aromatic rings. The highest BCUT2D eigenvalue weighted by Gasteiger charge is 2.38. The highest BCUT2D eigenvalue weighted by Crippen LogP contribution is 2.37. The molecule has 1 aliphatic carbocycles. The lowest BCUT2D eigenvalue weighted by molar-refractivity contribution is -0.120. The largest absolute Gasteiger partial charge is 0.396 e. The Hall–Kier alpha value is -0.370. The van der Waals surface area contributed by atoms with E-state index >= 15 is 0 Å². The van der Waals surface area contributed by atoms with Gasteiger partial charge in [0.05, 0.1) is 0 Å². The van der Waals surface area contributed by atoms with Crippen LogP contribution in [0.1, 0.15) is 26.7 Å². The van der Waals surface area contributed by atoms with Crippen LogP contribution < -0.4 is 0 Å². The topological polar surface area (TPSA) is 37.3 Å². The zero-order valence-corrected chi connectivity index (χ0v) is 6.55. The van der Waals surface area contributed by atoms with Crippen molar-refractivity contribution in [3.8, 4) is 0 Å². The number of ketones is 1. The van der Waals surface area contributed by atoms with Crippen LogP contribution in [-0.4, -0.2) is 17.5 Å². The summed E-state index contributed by atoms with van der Waals surface area (Å²) < 4.78 is 0. The minimum Gasteiger partial charge on any atom is -0.396 e. The van der Waals surface area contributed by atoms with Crippen molar-refractivity contribution in [3.63, 3.8) is 0 Å². The van der Waals surface area contributed by atoms with Gasteiger partial charge < -0.3 is 5.11 Å². The number of hydrogen-bond donors (Lipinski definition) is 1. The first-order valence-corrected chi connectivity index (χ1v) is 3.71. The lowest BCUT2D eigenvalue weighted by Gasteiger charge is -2.18. The zero-order valence-electron chi connectivity index (χ0n) is 6.55. The number of aliphatic hydroxyl groups is 1. The number of Topliss-reactive ketones (excluding diaryl/α,β-unsaturated/α-hetero) is 1. The van der Waals surface area contributed by atoms with E-state index in [0.29, 0.717) is 12.2 Å². The molecule has 0 heterocycles. The SMILES string of the molecule is C[C@@H]1C[C@@](C)(CO)CC1=O. The predicted molar refractivity (Wildman–Crippen MR) is 38.6 cm³/mol. The van der Waals surface area contributed by atoms with Gasteiger partial charge in [0.25, 0.3) is 0 Å². The summed E-state index contributed by atoms with van der Waals surface area (Å²) >= 11 is 0. The molecule has 1 rings (SSSR count). The van der Waals surface area contributed by atoms with Crippen molar-refractivity contribution < 1.29 is 9.90 Å². The van der Waals surface area contributed by atoms with Crippen LogP contribution in [0.15, 0.2) is 0 Å². The molecule has 0 saturated heterocycles. The second-order valence-electron chi connectivity index (χ2n) is 3.72. The quantitative estimate of drug-likeness (QED) is 0.592. The van der Waals surface area contributed by atoms with Gasteiger partial charge in [-0.05, 0) is 11.8 Å². The average Bonchev–Trinajstić information content (AvgIpc) is 2.10. The summed E-state index contributed by atoms with van der Waals surface area (Å²) in [6.07, 6.45) is 1.41. The smallest absolute Gasteiger partial charge is 0.136 e. The molecule has 0 amide bonds. The normalized spacial score (nSPS) is 40.7. The molecular weight excluding hydrogens is 128 g/mol. The number of aliphatic hydroxyl groups excluding tert-OH is 1. The number of hydrogen-bond acceptors (Lipinski definition) is 2. The van der Waals surface area contributed by atoms with Gasteiger partial charge in [0.1, 0.15) is 5.78 Å². The van der Waals surface area contributed by atoms with Crippen molar-refractivity contribution in [1.29, 1.82) is 0 Å². The molecule has 2 heteroatoms. The van der Waals surface area contributed by atoms with Crippen LogP contribution >= 0.6 is 0 Å². The second kappa shape index (κ2) is 2.35. The predicted octanol–water partition coefficient (Wildman–Crippen LogP) is 0.984. The van der Waals surface area contributed by atoms with Crippen molar-refractivity contribution in [2.45, 2.75) is 26.7 Å². The molecule has 1 fully saturated rings. The molecule has 0 radical (unpaired) electrons. The number of carbonyl (C=O) groups excluding carboxylic acids is 1. The molecule has 0 aromatic carbocycles. The molecule has 1 aliphatic rings. The van der Waals surface area contributed by atoms with Crippen LogP contribution in [0, 0.1) is 11.3 Å². The molecule has 2 atom stereocenters. The first-order valence-electron chi connectivity index (χ1n) is 3.71. The molecule has 0 spiro atoms. The van der Waals surface area contributed by atoms with Gasteiger partial charge in [0.2, 0.25) is 0 Å². The van der Waals surface area contributed by atoms with Crippen LogP contribution in [0.3, 0.4) is 0 Å². The third-order valence-corrected chi connectivity index (χ3v) is 2.33. The zero-order chi connectivity index (χ0) is 7.78. The average molecular weight is 142 g/mol. The maximum Gasteiger partial charge on any atom is 0.136 e. The minimum absolute atomic E-state index is 0.115. The lowest BCUT2D eigenvalue weighted by Crippen LogP contribution is -2.16. The fourth-order valence-corrected chi connectivity index (χ4v) is 1.64. The Labute approximate surface area is 61.2 Å². The highest BCUT2D eigenvalue weighted by molar-refractivity contribution is 5.83. The molecule has 0 aromatic heterocycles. The third kappa shape index (κ3) is 1.21. The lowest BCUT2D eigenvalue weighted by atomic mass is 9.89. The summed E-state index contributed by atoms with van der Waals surface area (Å²) in [7, 11) is 0. The Morgan fingerprint density at radius 3 is 2.60 bits per heavy atom. The third-order valence-electron chi connectivity index (χ3n) is 2.33. The Bertz CT molecular complexity index is 153. The van der Waals surface area contributed by atoms with Crippen molar-refractivity contribution in [2.75, 3.05) is 6.61 Å². The summed E-state index contributed by atoms with van der Waals surface area (Å²) in [5, 5.41) is 8.91.